The van der Waals surface area contributed by atoms with Crippen LogP contribution < -0.4 is 10.6 Å². The molecule has 21 heavy (non-hydrogen) atoms. The molecule has 2 rings (SSSR count). The van der Waals surface area contributed by atoms with Crippen LogP contribution >= 0.6 is 0 Å². The third-order valence-electron chi connectivity index (χ3n) is 3.00. The van der Waals surface area contributed by atoms with E-state index in [1.54, 1.807) is 36.5 Å². The number of alkyl halides is 3. The summed E-state index contributed by atoms with van der Waals surface area (Å²) in [6.07, 6.45) is -1.21. The van der Waals surface area contributed by atoms with Crippen LogP contribution in [0.25, 0.3) is 0 Å². The Hall–Kier alpha value is -2.15. The van der Waals surface area contributed by atoms with E-state index < -0.39 is 11.9 Å². The molecule has 0 spiro atoms. The first kappa shape index (κ1) is 15.2. The van der Waals surface area contributed by atoms with Gasteiger partial charge in [0.15, 0.2) is 0 Å². The molecule has 0 aliphatic carbocycles. The Balaban J connectivity index is 2.32. The summed E-state index contributed by atoms with van der Waals surface area (Å²) in [4.78, 5) is 9.26. The monoisotopic (exact) mass is 296 g/mol. The van der Waals surface area contributed by atoms with Crippen LogP contribution in [0.15, 0.2) is 36.7 Å². The van der Waals surface area contributed by atoms with Crippen molar-refractivity contribution in [3.05, 3.63) is 53.5 Å². The van der Waals surface area contributed by atoms with Crippen LogP contribution in [-0.4, -0.2) is 17.0 Å². The molecule has 2 heterocycles. The van der Waals surface area contributed by atoms with Gasteiger partial charge in [-0.15, -0.1) is 0 Å². The highest BCUT2D eigenvalue weighted by Crippen LogP contribution is 2.30. The fourth-order valence-corrected chi connectivity index (χ4v) is 1.96. The summed E-state index contributed by atoms with van der Waals surface area (Å²) in [5.74, 6) is 0.240. The average molecular weight is 296 g/mol. The zero-order valence-electron chi connectivity index (χ0n) is 11.4. The third kappa shape index (κ3) is 3.69. The second kappa shape index (κ2) is 6.09. The van der Waals surface area contributed by atoms with Crippen LogP contribution in [0.5, 0.6) is 0 Å². The van der Waals surface area contributed by atoms with Gasteiger partial charge in [-0.25, -0.2) is 4.98 Å². The van der Waals surface area contributed by atoms with E-state index >= 15 is 0 Å². The Morgan fingerprint density at radius 1 is 1.14 bits per heavy atom. The van der Waals surface area contributed by atoms with Crippen molar-refractivity contribution in [1.29, 1.82) is 0 Å². The molecule has 0 amide bonds. The number of anilines is 1. The van der Waals surface area contributed by atoms with Crippen LogP contribution in [0, 0.1) is 0 Å². The van der Waals surface area contributed by atoms with Crippen molar-refractivity contribution in [2.75, 3.05) is 11.9 Å². The standard InChI is InChI=1S/C14H15F3N4/c1-21(9-10-4-6-19-7-5-10)13-11(8-18)2-3-12(20-13)14(15,16)17/h2-7H,8-9,18H2,1H3. The quantitative estimate of drug-likeness (QED) is 0.942. The average Bonchev–Trinajstić information content (AvgIpc) is 2.46. The van der Waals surface area contributed by atoms with Gasteiger partial charge in [0.1, 0.15) is 11.5 Å². The number of hydrogen-bond acceptors (Lipinski definition) is 4. The number of nitrogens with two attached hydrogens (primary N) is 1. The van der Waals surface area contributed by atoms with Gasteiger partial charge in [-0.1, -0.05) is 6.07 Å². The Morgan fingerprint density at radius 2 is 1.81 bits per heavy atom. The van der Waals surface area contributed by atoms with E-state index in [1.807, 2.05) is 0 Å². The van der Waals surface area contributed by atoms with Crippen molar-refractivity contribution in [3.8, 4) is 0 Å². The van der Waals surface area contributed by atoms with Crippen LogP contribution in [0.1, 0.15) is 16.8 Å². The molecule has 0 aromatic carbocycles. The van der Waals surface area contributed by atoms with Crippen molar-refractivity contribution in [2.45, 2.75) is 19.3 Å². The molecule has 0 aliphatic heterocycles. The van der Waals surface area contributed by atoms with Crippen molar-refractivity contribution in [1.82, 2.24) is 9.97 Å². The molecule has 0 fully saturated rings. The lowest BCUT2D eigenvalue weighted by Crippen LogP contribution is -2.22. The lowest BCUT2D eigenvalue weighted by atomic mass is 10.2. The maximum atomic E-state index is 12.8. The summed E-state index contributed by atoms with van der Waals surface area (Å²) in [5, 5.41) is 0. The molecule has 7 heteroatoms. The first-order valence-electron chi connectivity index (χ1n) is 6.29. The van der Waals surface area contributed by atoms with Gasteiger partial charge < -0.3 is 10.6 Å². The molecule has 2 aromatic heterocycles. The highest BCUT2D eigenvalue weighted by molar-refractivity contribution is 5.48. The number of pyridine rings is 2. The van der Waals surface area contributed by atoms with E-state index in [2.05, 4.69) is 9.97 Å². The van der Waals surface area contributed by atoms with Gasteiger partial charge in [-0.2, -0.15) is 13.2 Å². The lowest BCUT2D eigenvalue weighted by molar-refractivity contribution is -0.141. The molecule has 2 aromatic rings. The van der Waals surface area contributed by atoms with Gasteiger partial charge in [-0.3, -0.25) is 4.98 Å². The molecule has 2 N–H and O–H groups in total. The van der Waals surface area contributed by atoms with E-state index in [0.717, 1.165) is 11.6 Å². The molecule has 0 unspecified atom stereocenters. The highest BCUT2D eigenvalue weighted by Gasteiger charge is 2.33. The predicted molar refractivity (Wildman–Crippen MR) is 73.5 cm³/mol. The van der Waals surface area contributed by atoms with Gasteiger partial charge in [0.2, 0.25) is 0 Å². The second-order valence-corrected chi connectivity index (χ2v) is 4.59. The van der Waals surface area contributed by atoms with Gasteiger partial charge in [0.25, 0.3) is 0 Å². The smallest absolute Gasteiger partial charge is 0.355 e. The van der Waals surface area contributed by atoms with Gasteiger partial charge in [0.05, 0.1) is 0 Å². The predicted octanol–water partition coefficient (Wildman–Crippen LogP) is 2.59. The lowest BCUT2D eigenvalue weighted by Gasteiger charge is -2.22. The number of rotatable bonds is 4. The maximum Gasteiger partial charge on any atom is 0.433 e. The van der Waals surface area contributed by atoms with Crippen LogP contribution in [0.4, 0.5) is 19.0 Å². The molecule has 0 aliphatic rings. The summed E-state index contributed by atoms with van der Waals surface area (Å²) in [5.41, 5.74) is 6.16. The number of nitrogens with zero attached hydrogens (tertiary/aromatic N) is 3. The molecular weight excluding hydrogens is 281 g/mol. The van der Waals surface area contributed by atoms with E-state index in [9.17, 15) is 13.2 Å². The molecule has 4 nitrogen and oxygen atoms in total. The van der Waals surface area contributed by atoms with Gasteiger partial charge in [0, 0.05) is 38.1 Å². The number of halogens is 3. The van der Waals surface area contributed by atoms with E-state index in [1.165, 1.54) is 6.07 Å². The van der Waals surface area contributed by atoms with E-state index in [-0.39, 0.29) is 12.4 Å². The van der Waals surface area contributed by atoms with Crippen LogP contribution in [-0.2, 0) is 19.3 Å². The summed E-state index contributed by atoms with van der Waals surface area (Å²) in [6, 6.07) is 5.92. The Morgan fingerprint density at radius 3 is 2.38 bits per heavy atom. The van der Waals surface area contributed by atoms with Crippen molar-refractivity contribution in [2.24, 2.45) is 5.73 Å². The maximum absolute atomic E-state index is 12.8. The molecule has 0 saturated heterocycles. The minimum Gasteiger partial charge on any atom is -0.355 e. The molecule has 0 atom stereocenters. The number of aromatic nitrogens is 2. The molecular formula is C14H15F3N4. The molecule has 0 saturated carbocycles. The third-order valence-corrected chi connectivity index (χ3v) is 3.00. The minimum absolute atomic E-state index is 0.126. The number of hydrogen-bond donors (Lipinski definition) is 1. The fourth-order valence-electron chi connectivity index (χ4n) is 1.96. The highest BCUT2D eigenvalue weighted by atomic mass is 19.4. The summed E-state index contributed by atoms with van der Waals surface area (Å²) in [7, 11) is 1.68. The zero-order chi connectivity index (χ0) is 15.5. The minimum atomic E-state index is -4.47. The van der Waals surface area contributed by atoms with Gasteiger partial charge in [-0.05, 0) is 23.8 Å². The molecule has 112 valence electrons. The summed E-state index contributed by atoms with van der Waals surface area (Å²) < 4.78 is 38.3. The molecule has 0 radical (unpaired) electrons. The Bertz CT molecular complexity index is 599. The van der Waals surface area contributed by atoms with Crippen LogP contribution in [0.2, 0.25) is 0 Å². The Labute approximate surface area is 120 Å². The second-order valence-electron chi connectivity index (χ2n) is 4.59. The Kier molecular flexibility index (Phi) is 4.42. The first-order valence-corrected chi connectivity index (χ1v) is 6.29. The zero-order valence-corrected chi connectivity index (χ0v) is 11.4. The fraction of sp³-hybridized carbons (Fsp3) is 0.286. The normalized spacial score (nSPS) is 11.5. The van der Waals surface area contributed by atoms with Gasteiger partial charge >= 0.3 is 6.18 Å². The summed E-state index contributed by atoms with van der Waals surface area (Å²) in [6.45, 7) is 0.547. The topological polar surface area (TPSA) is 55.0 Å². The van der Waals surface area contributed by atoms with E-state index in [4.69, 9.17) is 5.73 Å². The largest absolute Gasteiger partial charge is 0.433 e. The van der Waals surface area contributed by atoms with Crippen molar-refractivity contribution in [3.63, 3.8) is 0 Å². The molecule has 0 bridgehead atoms. The summed E-state index contributed by atoms with van der Waals surface area (Å²) >= 11 is 0. The van der Waals surface area contributed by atoms with E-state index in [0.29, 0.717) is 12.1 Å². The van der Waals surface area contributed by atoms with Crippen LogP contribution in [0.3, 0.4) is 0 Å². The van der Waals surface area contributed by atoms with Crippen molar-refractivity contribution < 1.29 is 13.2 Å². The first-order chi connectivity index (χ1) is 9.91. The SMILES string of the molecule is CN(Cc1ccncc1)c1nc(C(F)(F)F)ccc1CN. The van der Waals surface area contributed by atoms with Crippen molar-refractivity contribution >= 4 is 5.82 Å².